The van der Waals surface area contributed by atoms with E-state index in [1.54, 1.807) is 0 Å². The van der Waals surface area contributed by atoms with E-state index in [0.717, 1.165) is 0 Å². The van der Waals surface area contributed by atoms with E-state index in [1.807, 2.05) is 0 Å². The molecule has 0 unspecified atom stereocenters. The van der Waals surface area contributed by atoms with E-state index < -0.39 is 50.3 Å². The minimum Gasteiger partial charge on any atom is -0.489 e. The minimum absolute atomic E-state index is 0.0240. The lowest BCUT2D eigenvalue weighted by atomic mass is 10.1. The number of ether oxygens (including phenoxy) is 2. The average molecular weight is 382 g/mol. The van der Waals surface area contributed by atoms with Gasteiger partial charge in [0.25, 0.3) is 0 Å². The molecule has 2 aromatic rings. The molecular formula is C17H16F2N2O6. The maximum Gasteiger partial charge on any atom is 0.343 e. The smallest absolute Gasteiger partial charge is 0.343 e. The van der Waals surface area contributed by atoms with E-state index in [9.17, 15) is 28.5 Å². The lowest BCUT2D eigenvalue weighted by Crippen LogP contribution is -2.23. The third-order valence-electron chi connectivity index (χ3n) is 4.19. The first-order chi connectivity index (χ1) is 12.8. The van der Waals surface area contributed by atoms with E-state index in [-0.39, 0.29) is 24.8 Å². The van der Waals surface area contributed by atoms with E-state index >= 15 is 0 Å². The van der Waals surface area contributed by atoms with Gasteiger partial charge in [0.2, 0.25) is 17.1 Å². The number of nitro benzene ring substituents is 1. The standard InChI is InChI=1S/C17H16F2N2O6/c1-3-26-16-12(19)11(18)13(21(24)25)10-14(16)20(8-5-6-8)7-9(15(10)22)17(23)27-4-2/h7-8H,3-6H2,1-2H3. The van der Waals surface area contributed by atoms with Crippen molar-refractivity contribution in [3.05, 3.63) is 43.7 Å². The highest BCUT2D eigenvalue weighted by Gasteiger charge is 2.36. The molecule has 1 aromatic carbocycles. The number of carbonyl (C=O) groups excluding carboxylic acids is 1. The van der Waals surface area contributed by atoms with Crippen molar-refractivity contribution in [3.8, 4) is 5.75 Å². The van der Waals surface area contributed by atoms with E-state index in [4.69, 9.17) is 9.47 Å². The Morgan fingerprint density at radius 3 is 2.48 bits per heavy atom. The van der Waals surface area contributed by atoms with Gasteiger partial charge in [0, 0.05) is 12.2 Å². The van der Waals surface area contributed by atoms with Crippen LogP contribution in [0, 0.1) is 21.7 Å². The molecule has 0 bridgehead atoms. The molecule has 8 nitrogen and oxygen atoms in total. The van der Waals surface area contributed by atoms with Crippen LogP contribution in [0.15, 0.2) is 11.0 Å². The summed E-state index contributed by atoms with van der Waals surface area (Å²) in [6.07, 6.45) is 2.47. The molecule has 0 spiro atoms. The summed E-state index contributed by atoms with van der Waals surface area (Å²) in [6.45, 7) is 2.98. The fraction of sp³-hybridized carbons (Fsp3) is 0.412. The maximum atomic E-state index is 14.5. The summed E-state index contributed by atoms with van der Waals surface area (Å²) in [5.41, 5.74) is -3.14. The van der Waals surface area contributed by atoms with Crippen LogP contribution in [0.2, 0.25) is 0 Å². The molecule has 0 radical (unpaired) electrons. The number of carbonyl (C=O) groups is 1. The van der Waals surface area contributed by atoms with Gasteiger partial charge in [0.15, 0.2) is 5.75 Å². The van der Waals surface area contributed by atoms with Gasteiger partial charge in [-0.15, -0.1) is 0 Å². The fourth-order valence-corrected chi connectivity index (χ4v) is 2.94. The van der Waals surface area contributed by atoms with Crippen molar-refractivity contribution >= 4 is 22.6 Å². The first kappa shape index (κ1) is 18.7. The summed E-state index contributed by atoms with van der Waals surface area (Å²) in [5.74, 6) is -4.93. The molecule has 1 fully saturated rings. The summed E-state index contributed by atoms with van der Waals surface area (Å²) in [6, 6.07) is -0.218. The van der Waals surface area contributed by atoms with E-state index in [2.05, 4.69) is 0 Å². The monoisotopic (exact) mass is 382 g/mol. The SMILES string of the molecule is CCOC(=O)c1cn(C2CC2)c2c(OCC)c(F)c(F)c([N+](=O)[O-])c2c1=O. The van der Waals surface area contributed by atoms with Gasteiger partial charge in [0.05, 0.1) is 18.1 Å². The molecule has 144 valence electrons. The number of esters is 1. The van der Waals surface area contributed by atoms with Crippen molar-refractivity contribution in [2.24, 2.45) is 0 Å². The zero-order valence-corrected chi connectivity index (χ0v) is 14.6. The molecule has 1 aliphatic rings. The zero-order chi connectivity index (χ0) is 19.9. The number of benzene rings is 1. The number of pyridine rings is 1. The molecule has 0 saturated heterocycles. The summed E-state index contributed by atoms with van der Waals surface area (Å²) in [5, 5.41) is 10.7. The highest BCUT2D eigenvalue weighted by molar-refractivity contribution is 5.99. The predicted molar refractivity (Wildman–Crippen MR) is 90.2 cm³/mol. The molecule has 1 heterocycles. The van der Waals surface area contributed by atoms with Crippen molar-refractivity contribution in [2.75, 3.05) is 13.2 Å². The molecule has 0 N–H and O–H groups in total. The molecule has 3 rings (SSSR count). The summed E-state index contributed by atoms with van der Waals surface area (Å²) < 4.78 is 40.3. The molecule has 1 aromatic heterocycles. The number of hydrogen-bond donors (Lipinski definition) is 0. The fourth-order valence-electron chi connectivity index (χ4n) is 2.94. The third kappa shape index (κ3) is 3.00. The number of hydrogen-bond acceptors (Lipinski definition) is 6. The highest BCUT2D eigenvalue weighted by Crippen LogP contribution is 2.43. The number of nitro groups is 1. The molecule has 1 aliphatic carbocycles. The Morgan fingerprint density at radius 2 is 1.96 bits per heavy atom. The minimum atomic E-state index is -1.81. The van der Waals surface area contributed by atoms with Crippen LogP contribution in [0.4, 0.5) is 14.5 Å². The van der Waals surface area contributed by atoms with Gasteiger partial charge in [-0.05, 0) is 26.7 Å². The lowest BCUT2D eigenvalue weighted by Gasteiger charge is -2.17. The molecule has 0 amide bonds. The van der Waals surface area contributed by atoms with Crippen LogP contribution in [0.1, 0.15) is 43.1 Å². The van der Waals surface area contributed by atoms with Crippen LogP contribution in [0.5, 0.6) is 5.75 Å². The summed E-state index contributed by atoms with van der Waals surface area (Å²) in [4.78, 5) is 35.2. The Labute approximate surface area is 151 Å². The lowest BCUT2D eigenvalue weighted by molar-refractivity contribution is -0.386. The quantitative estimate of drug-likeness (QED) is 0.432. The van der Waals surface area contributed by atoms with Crippen LogP contribution in [-0.4, -0.2) is 28.7 Å². The van der Waals surface area contributed by atoms with E-state index in [1.165, 1.54) is 24.6 Å². The molecule has 0 aliphatic heterocycles. The van der Waals surface area contributed by atoms with Gasteiger partial charge < -0.3 is 14.0 Å². The van der Waals surface area contributed by atoms with Crippen molar-refractivity contribution < 1.29 is 28.0 Å². The van der Waals surface area contributed by atoms with Crippen molar-refractivity contribution in [1.82, 2.24) is 4.57 Å². The zero-order valence-electron chi connectivity index (χ0n) is 14.6. The van der Waals surface area contributed by atoms with Gasteiger partial charge in [-0.2, -0.15) is 8.78 Å². The molecule has 1 saturated carbocycles. The molecule has 10 heteroatoms. The van der Waals surface area contributed by atoms with Gasteiger partial charge >= 0.3 is 11.7 Å². The first-order valence-electron chi connectivity index (χ1n) is 8.37. The van der Waals surface area contributed by atoms with Crippen molar-refractivity contribution in [1.29, 1.82) is 0 Å². The average Bonchev–Trinajstić information content (AvgIpc) is 3.44. The Kier molecular flexibility index (Phi) is 4.81. The van der Waals surface area contributed by atoms with E-state index in [0.29, 0.717) is 12.8 Å². The second-order valence-corrected chi connectivity index (χ2v) is 5.95. The topological polar surface area (TPSA) is 101 Å². The van der Waals surface area contributed by atoms with Crippen LogP contribution in [0.25, 0.3) is 10.9 Å². The Morgan fingerprint density at radius 1 is 1.30 bits per heavy atom. The molecule has 27 heavy (non-hydrogen) atoms. The Balaban J connectivity index is 2.54. The van der Waals surface area contributed by atoms with Crippen LogP contribution in [-0.2, 0) is 4.74 Å². The van der Waals surface area contributed by atoms with Gasteiger partial charge in [-0.25, -0.2) is 4.79 Å². The number of nitrogens with zero attached hydrogens (tertiary/aromatic N) is 2. The Bertz CT molecular complexity index is 1010. The summed E-state index contributed by atoms with van der Waals surface area (Å²) >= 11 is 0. The van der Waals surface area contributed by atoms with Crippen LogP contribution in [0.3, 0.4) is 0 Å². The highest BCUT2D eigenvalue weighted by atomic mass is 19.2. The molecule has 0 atom stereocenters. The second kappa shape index (κ2) is 6.93. The van der Waals surface area contributed by atoms with Gasteiger partial charge in [-0.3, -0.25) is 14.9 Å². The molecular weight excluding hydrogens is 366 g/mol. The number of rotatable bonds is 6. The summed E-state index contributed by atoms with van der Waals surface area (Å²) in [7, 11) is 0. The number of halogens is 2. The predicted octanol–water partition coefficient (Wildman–Crippen LogP) is 3.10. The largest absolute Gasteiger partial charge is 0.489 e. The first-order valence-corrected chi connectivity index (χ1v) is 8.37. The second-order valence-electron chi connectivity index (χ2n) is 5.95. The van der Waals surface area contributed by atoms with Gasteiger partial charge in [0.1, 0.15) is 16.5 Å². The van der Waals surface area contributed by atoms with Gasteiger partial charge in [-0.1, -0.05) is 0 Å². The van der Waals surface area contributed by atoms with Crippen LogP contribution >= 0.6 is 0 Å². The van der Waals surface area contributed by atoms with Crippen molar-refractivity contribution in [3.63, 3.8) is 0 Å². The third-order valence-corrected chi connectivity index (χ3v) is 4.19. The van der Waals surface area contributed by atoms with Crippen molar-refractivity contribution in [2.45, 2.75) is 32.7 Å². The number of aromatic nitrogens is 1. The number of fused-ring (bicyclic) bond motifs is 1. The maximum absolute atomic E-state index is 14.5. The van der Waals surface area contributed by atoms with Crippen LogP contribution < -0.4 is 10.2 Å². The normalized spacial score (nSPS) is 13.6. The Hall–Kier alpha value is -3.04.